The largest absolute Gasteiger partial charge is 0.344 e. The fraction of sp³-hybridized carbons (Fsp3) is 0.286. The van der Waals surface area contributed by atoms with Crippen LogP contribution in [-0.4, -0.2) is 57.4 Å². The first-order valence-corrected chi connectivity index (χ1v) is 9.78. The Morgan fingerprint density at radius 1 is 1.20 bits per heavy atom. The number of nitrogens with one attached hydrogen (secondary N) is 1. The van der Waals surface area contributed by atoms with Gasteiger partial charge in [0.25, 0.3) is 5.92 Å². The minimum atomic E-state index is -2.96. The number of likely N-dealkylation sites (N-methyl/N-ethyl adjacent to an activating group) is 1. The molecule has 0 radical (unpaired) electrons. The van der Waals surface area contributed by atoms with Crippen LogP contribution in [0.1, 0.15) is 0 Å². The monoisotopic (exact) mass is 431 g/mol. The zero-order chi connectivity index (χ0) is 21.3. The number of pyridine rings is 1. The van der Waals surface area contributed by atoms with Gasteiger partial charge < -0.3 is 9.88 Å². The minimum absolute atomic E-state index is 0.107. The van der Waals surface area contributed by atoms with E-state index in [9.17, 15) is 13.6 Å². The molecule has 30 heavy (non-hydrogen) atoms. The van der Waals surface area contributed by atoms with E-state index < -0.39 is 17.9 Å². The summed E-state index contributed by atoms with van der Waals surface area (Å²) in [4.78, 5) is 22.6. The van der Waals surface area contributed by atoms with Gasteiger partial charge in [0.1, 0.15) is 12.6 Å². The van der Waals surface area contributed by atoms with Crippen molar-refractivity contribution in [2.45, 2.75) is 18.5 Å². The van der Waals surface area contributed by atoms with Crippen molar-refractivity contribution in [2.75, 3.05) is 20.1 Å². The van der Waals surface area contributed by atoms with Crippen LogP contribution in [0.5, 0.6) is 0 Å². The molecule has 0 saturated carbocycles. The lowest BCUT2D eigenvalue weighted by Gasteiger charge is -2.19. The maximum absolute atomic E-state index is 14.1. The van der Waals surface area contributed by atoms with Crippen molar-refractivity contribution in [3.8, 4) is 22.5 Å². The Kier molecular flexibility index (Phi) is 5.53. The van der Waals surface area contributed by atoms with Gasteiger partial charge in [0, 0.05) is 35.1 Å². The normalized spacial score (nSPS) is 18.5. The van der Waals surface area contributed by atoms with E-state index in [4.69, 9.17) is 11.6 Å². The summed E-state index contributed by atoms with van der Waals surface area (Å²) >= 11 is 5.99. The van der Waals surface area contributed by atoms with Gasteiger partial charge in [-0.1, -0.05) is 23.7 Å². The average molecular weight is 432 g/mol. The number of aromatic nitrogens is 3. The summed E-state index contributed by atoms with van der Waals surface area (Å²) in [7, 11) is 1.61. The highest BCUT2D eigenvalue weighted by molar-refractivity contribution is 6.30. The second-order valence-corrected chi connectivity index (χ2v) is 7.83. The van der Waals surface area contributed by atoms with Gasteiger partial charge in [0.15, 0.2) is 0 Å². The third-order valence-electron chi connectivity index (χ3n) is 5.04. The van der Waals surface area contributed by atoms with Gasteiger partial charge in [0.2, 0.25) is 5.91 Å². The number of rotatable bonds is 5. The fourth-order valence-corrected chi connectivity index (χ4v) is 3.79. The molecule has 1 amide bonds. The number of benzene rings is 1. The number of hydrogen-bond acceptors (Lipinski definition) is 4. The van der Waals surface area contributed by atoms with Crippen LogP contribution in [-0.2, 0) is 11.3 Å². The molecule has 3 aromatic rings. The smallest absolute Gasteiger partial charge is 0.281 e. The summed E-state index contributed by atoms with van der Waals surface area (Å²) in [6, 6.07) is 9.62. The average Bonchev–Trinajstić information content (AvgIpc) is 3.22. The molecule has 1 aliphatic heterocycles. The van der Waals surface area contributed by atoms with Crippen molar-refractivity contribution in [1.29, 1.82) is 0 Å². The molecule has 1 fully saturated rings. The third-order valence-corrected chi connectivity index (χ3v) is 5.30. The molecule has 1 unspecified atom stereocenters. The molecule has 3 heterocycles. The van der Waals surface area contributed by atoms with Crippen LogP contribution >= 0.6 is 11.6 Å². The Labute approximate surface area is 177 Å². The Morgan fingerprint density at radius 2 is 1.90 bits per heavy atom. The van der Waals surface area contributed by atoms with Crippen LogP contribution in [0.2, 0.25) is 5.02 Å². The molecule has 2 aromatic heterocycles. The molecule has 1 aliphatic rings. The number of amides is 1. The molecular formula is C21H20ClF2N5O. The van der Waals surface area contributed by atoms with Crippen molar-refractivity contribution in [2.24, 2.45) is 0 Å². The van der Waals surface area contributed by atoms with Crippen LogP contribution in [0.15, 0.2) is 55.1 Å². The molecule has 0 spiro atoms. The fourth-order valence-electron chi connectivity index (χ4n) is 3.66. The zero-order valence-electron chi connectivity index (χ0n) is 16.2. The Bertz CT molecular complexity index is 1040. The maximum atomic E-state index is 14.1. The summed E-state index contributed by atoms with van der Waals surface area (Å²) in [5.41, 5.74) is 3.00. The first-order valence-electron chi connectivity index (χ1n) is 9.41. The van der Waals surface area contributed by atoms with E-state index in [0.717, 1.165) is 11.1 Å². The zero-order valence-corrected chi connectivity index (χ0v) is 17.0. The summed E-state index contributed by atoms with van der Waals surface area (Å²) in [6.07, 6.45) is 4.83. The van der Waals surface area contributed by atoms with Crippen molar-refractivity contribution in [3.05, 3.63) is 60.1 Å². The van der Waals surface area contributed by atoms with Crippen molar-refractivity contribution >= 4 is 17.5 Å². The lowest BCUT2D eigenvalue weighted by atomic mass is 10.1. The SMILES string of the molecule is CN1CC(NC(=O)Cn2cnc(-c3ccc(Cl)cc3)c2-c2ccncc2)C(F)(F)C1. The summed E-state index contributed by atoms with van der Waals surface area (Å²) < 4.78 is 29.8. The number of imidazole rings is 1. The molecule has 6 nitrogen and oxygen atoms in total. The van der Waals surface area contributed by atoms with Crippen molar-refractivity contribution in [3.63, 3.8) is 0 Å². The Balaban J connectivity index is 1.63. The minimum Gasteiger partial charge on any atom is -0.344 e. The predicted octanol–water partition coefficient (Wildman–Crippen LogP) is 3.33. The summed E-state index contributed by atoms with van der Waals surface area (Å²) in [5.74, 6) is -3.45. The molecule has 0 aliphatic carbocycles. The van der Waals surface area contributed by atoms with Gasteiger partial charge in [-0.05, 0) is 31.3 Å². The highest BCUT2D eigenvalue weighted by atomic mass is 35.5. The van der Waals surface area contributed by atoms with Gasteiger partial charge in [0.05, 0.1) is 24.3 Å². The van der Waals surface area contributed by atoms with Crippen molar-refractivity contribution in [1.82, 2.24) is 24.8 Å². The van der Waals surface area contributed by atoms with E-state index in [1.165, 1.54) is 11.2 Å². The molecule has 0 bridgehead atoms. The molecule has 1 N–H and O–H groups in total. The first kappa shape index (κ1) is 20.4. The number of carbonyl (C=O) groups is 1. The van der Waals surface area contributed by atoms with Crippen LogP contribution in [0.4, 0.5) is 8.78 Å². The number of hydrogen-bond donors (Lipinski definition) is 1. The summed E-state index contributed by atoms with van der Waals surface area (Å²) in [5, 5.41) is 3.08. The Hall–Kier alpha value is -2.84. The van der Waals surface area contributed by atoms with Crippen LogP contribution in [0.25, 0.3) is 22.5 Å². The van der Waals surface area contributed by atoms with Crippen LogP contribution < -0.4 is 5.32 Å². The second-order valence-electron chi connectivity index (χ2n) is 7.39. The topological polar surface area (TPSA) is 63.1 Å². The molecule has 4 rings (SSSR count). The molecule has 1 saturated heterocycles. The van der Waals surface area contributed by atoms with E-state index >= 15 is 0 Å². The number of halogens is 3. The van der Waals surface area contributed by atoms with Gasteiger partial charge in [-0.25, -0.2) is 13.8 Å². The number of nitrogens with zero attached hydrogens (tertiary/aromatic N) is 4. The summed E-state index contributed by atoms with van der Waals surface area (Å²) in [6.45, 7) is -0.392. The van der Waals surface area contributed by atoms with Gasteiger partial charge in [-0.15, -0.1) is 0 Å². The van der Waals surface area contributed by atoms with Crippen LogP contribution in [0, 0.1) is 0 Å². The van der Waals surface area contributed by atoms with E-state index in [0.29, 0.717) is 16.4 Å². The highest BCUT2D eigenvalue weighted by Gasteiger charge is 2.47. The number of alkyl halides is 2. The molecular weight excluding hydrogens is 412 g/mol. The van der Waals surface area contributed by atoms with Crippen molar-refractivity contribution < 1.29 is 13.6 Å². The molecule has 9 heteroatoms. The highest BCUT2D eigenvalue weighted by Crippen LogP contribution is 2.32. The lowest BCUT2D eigenvalue weighted by molar-refractivity contribution is -0.124. The molecule has 156 valence electrons. The van der Waals surface area contributed by atoms with E-state index in [-0.39, 0.29) is 19.6 Å². The Morgan fingerprint density at radius 3 is 2.53 bits per heavy atom. The van der Waals surface area contributed by atoms with Gasteiger partial charge in [-0.2, -0.15) is 0 Å². The van der Waals surface area contributed by atoms with E-state index in [1.54, 1.807) is 36.1 Å². The quantitative estimate of drug-likeness (QED) is 0.673. The maximum Gasteiger partial charge on any atom is 0.281 e. The standard InChI is InChI=1S/C21H20ClF2N5O/c1-28-10-17(21(23,24)12-28)27-18(30)11-29-13-26-19(14-2-4-16(22)5-3-14)20(29)15-6-8-25-9-7-15/h2-9,13,17H,10-12H2,1H3,(H,27,30). The first-order chi connectivity index (χ1) is 14.3. The van der Waals surface area contributed by atoms with Gasteiger partial charge >= 0.3 is 0 Å². The molecule has 1 atom stereocenters. The number of carbonyl (C=O) groups excluding carboxylic acids is 1. The van der Waals surface area contributed by atoms with E-state index in [2.05, 4.69) is 15.3 Å². The lowest BCUT2D eigenvalue weighted by Crippen LogP contribution is -2.47. The van der Waals surface area contributed by atoms with E-state index in [1.807, 2.05) is 24.3 Å². The third kappa shape index (κ3) is 4.20. The van der Waals surface area contributed by atoms with Gasteiger partial charge in [-0.3, -0.25) is 14.7 Å². The van der Waals surface area contributed by atoms with Crippen LogP contribution in [0.3, 0.4) is 0 Å². The predicted molar refractivity (Wildman–Crippen MR) is 110 cm³/mol. The second kappa shape index (κ2) is 8.12. The number of likely N-dealkylation sites (tertiary alicyclic amines) is 1. The molecule has 1 aromatic carbocycles.